The van der Waals surface area contributed by atoms with Gasteiger partial charge in [0.2, 0.25) is 0 Å². The molecule has 3 nitrogen and oxygen atoms in total. The summed E-state index contributed by atoms with van der Waals surface area (Å²) in [6.07, 6.45) is -0.955. The topological polar surface area (TPSA) is 54.4 Å². The lowest BCUT2D eigenvalue weighted by atomic mass is 10.4. The summed E-state index contributed by atoms with van der Waals surface area (Å²) < 4.78 is 35.6. The monoisotopic (exact) mass is 218 g/mol. The van der Waals surface area contributed by atoms with Gasteiger partial charge < -0.3 is 5.11 Å². The van der Waals surface area contributed by atoms with Gasteiger partial charge >= 0.3 is 0 Å². The maximum Gasteiger partial charge on any atom is 0.181 e. The molecule has 1 aromatic carbocycles. The number of aliphatic hydroxyl groups is 1. The van der Waals surface area contributed by atoms with Crippen molar-refractivity contribution in [1.82, 2.24) is 0 Å². The molecule has 0 spiro atoms. The van der Waals surface area contributed by atoms with Gasteiger partial charge in [-0.15, -0.1) is 0 Å². The average Bonchev–Trinajstić information content (AvgIpc) is 2.01. The van der Waals surface area contributed by atoms with E-state index in [1.54, 1.807) is 0 Å². The quantitative estimate of drug-likeness (QED) is 0.822. The molecule has 78 valence electrons. The largest absolute Gasteiger partial charge is 0.392 e. The minimum atomic E-state index is -3.57. The smallest absolute Gasteiger partial charge is 0.181 e. The Morgan fingerprint density at radius 1 is 1.50 bits per heavy atom. The maximum atomic E-state index is 12.7. The Kier molecular flexibility index (Phi) is 3.23. The summed E-state index contributed by atoms with van der Waals surface area (Å²) in [6, 6.07) is 4.74. The van der Waals surface area contributed by atoms with Crippen LogP contribution in [0.5, 0.6) is 0 Å². The van der Waals surface area contributed by atoms with Crippen molar-refractivity contribution in [1.29, 1.82) is 0 Å². The third-order valence-corrected chi connectivity index (χ3v) is 3.51. The third-order valence-electron chi connectivity index (χ3n) is 1.62. The van der Waals surface area contributed by atoms with Crippen LogP contribution >= 0.6 is 0 Å². The van der Waals surface area contributed by atoms with E-state index in [9.17, 15) is 12.8 Å². The molecule has 0 aliphatic heterocycles. The molecule has 0 aliphatic carbocycles. The number of benzene rings is 1. The Morgan fingerprint density at radius 2 is 2.14 bits per heavy atom. The van der Waals surface area contributed by atoms with E-state index in [0.717, 1.165) is 6.07 Å². The second kappa shape index (κ2) is 4.06. The van der Waals surface area contributed by atoms with Crippen molar-refractivity contribution in [2.75, 3.05) is 5.75 Å². The molecule has 0 saturated heterocycles. The zero-order valence-corrected chi connectivity index (χ0v) is 8.46. The van der Waals surface area contributed by atoms with Crippen LogP contribution < -0.4 is 0 Å². The fraction of sp³-hybridized carbons (Fsp3) is 0.333. The van der Waals surface area contributed by atoms with Crippen LogP contribution in [0.25, 0.3) is 0 Å². The number of hydrogen-bond acceptors (Lipinski definition) is 3. The van der Waals surface area contributed by atoms with E-state index >= 15 is 0 Å². The molecular weight excluding hydrogens is 207 g/mol. The summed E-state index contributed by atoms with van der Waals surface area (Å²) in [7, 11) is -3.57. The van der Waals surface area contributed by atoms with Crippen molar-refractivity contribution in [3.8, 4) is 0 Å². The van der Waals surface area contributed by atoms with E-state index in [0.29, 0.717) is 0 Å². The first-order chi connectivity index (χ1) is 6.42. The summed E-state index contributed by atoms with van der Waals surface area (Å²) in [6.45, 7) is 1.37. The predicted octanol–water partition coefficient (Wildman–Crippen LogP) is 0.980. The molecule has 0 aliphatic rings. The van der Waals surface area contributed by atoms with Crippen molar-refractivity contribution >= 4 is 9.84 Å². The van der Waals surface area contributed by atoms with Gasteiger partial charge in [-0.2, -0.15) is 0 Å². The summed E-state index contributed by atoms with van der Waals surface area (Å²) in [5.74, 6) is -0.993. The number of halogens is 1. The van der Waals surface area contributed by atoms with Gasteiger partial charge in [0, 0.05) is 0 Å². The lowest BCUT2D eigenvalue weighted by Gasteiger charge is -2.05. The molecule has 1 N–H and O–H groups in total. The molecule has 0 aromatic heterocycles. The predicted molar refractivity (Wildman–Crippen MR) is 50.1 cm³/mol. The van der Waals surface area contributed by atoms with Crippen LogP contribution in [-0.2, 0) is 9.84 Å². The number of sulfone groups is 1. The first-order valence-corrected chi connectivity index (χ1v) is 5.73. The normalized spacial score (nSPS) is 13.9. The highest BCUT2D eigenvalue weighted by Crippen LogP contribution is 2.13. The van der Waals surface area contributed by atoms with Gasteiger partial charge in [0.25, 0.3) is 0 Å². The van der Waals surface area contributed by atoms with Crippen LogP contribution in [0, 0.1) is 5.82 Å². The van der Waals surface area contributed by atoms with E-state index in [4.69, 9.17) is 5.11 Å². The molecule has 1 unspecified atom stereocenters. The molecular formula is C9H11FO3S. The van der Waals surface area contributed by atoms with Crippen LogP contribution in [0.2, 0.25) is 0 Å². The average molecular weight is 218 g/mol. The summed E-state index contributed by atoms with van der Waals surface area (Å²) in [5, 5.41) is 8.95. The second-order valence-electron chi connectivity index (χ2n) is 3.09. The van der Waals surface area contributed by atoms with Crippen LogP contribution in [0.1, 0.15) is 6.92 Å². The Labute approximate surface area is 82.1 Å². The zero-order chi connectivity index (χ0) is 10.8. The van der Waals surface area contributed by atoms with Gasteiger partial charge in [0.15, 0.2) is 9.84 Å². The van der Waals surface area contributed by atoms with Gasteiger partial charge in [0.1, 0.15) is 5.82 Å². The second-order valence-corrected chi connectivity index (χ2v) is 5.12. The molecule has 1 atom stereocenters. The van der Waals surface area contributed by atoms with Crippen LogP contribution in [0.3, 0.4) is 0 Å². The first-order valence-electron chi connectivity index (χ1n) is 4.08. The van der Waals surface area contributed by atoms with Gasteiger partial charge in [-0.25, -0.2) is 12.8 Å². The van der Waals surface area contributed by atoms with Crippen LogP contribution in [-0.4, -0.2) is 25.4 Å². The number of aliphatic hydroxyl groups excluding tert-OH is 1. The van der Waals surface area contributed by atoms with Crippen molar-refractivity contribution < 1.29 is 17.9 Å². The molecule has 1 rings (SSSR count). The van der Waals surface area contributed by atoms with E-state index < -0.39 is 27.5 Å². The SMILES string of the molecule is CC(O)CS(=O)(=O)c1cccc(F)c1. The highest BCUT2D eigenvalue weighted by atomic mass is 32.2. The Hall–Kier alpha value is -0.940. The standard InChI is InChI=1S/C9H11FO3S/c1-7(11)6-14(12,13)9-4-2-3-8(10)5-9/h2-5,7,11H,6H2,1H3. The van der Waals surface area contributed by atoms with Crippen molar-refractivity contribution in [3.63, 3.8) is 0 Å². The minimum Gasteiger partial charge on any atom is -0.392 e. The minimum absolute atomic E-state index is 0.0987. The lowest BCUT2D eigenvalue weighted by molar-refractivity contribution is 0.218. The summed E-state index contributed by atoms with van der Waals surface area (Å²) >= 11 is 0. The van der Waals surface area contributed by atoms with Gasteiger partial charge in [-0.1, -0.05) is 6.07 Å². The van der Waals surface area contributed by atoms with E-state index in [1.165, 1.54) is 25.1 Å². The summed E-state index contributed by atoms with van der Waals surface area (Å²) in [4.78, 5) is -0.0987. The maximum absolute atomic E-state index is 12.7. The Balaban J connectivity index is 3.05. The molecule has 0 bridgehead atoms. The summed E-state index contributed by atoms with van der Waals surface area (Å²) in [5.41, 5.74) is 0. The molecule has 0 amide bonds. The molecule has 0 radical (unpaired) electrons. The molecule has 0 fully saturated rings. The highest BCUT2D eigenvalue weighted by Gasteiger charge is 2.17. The van der Waals surface area contributed by atoms with Crippen LogP contribution in [0.4, 0.5) is 4.39 Å². The first kappa shape index (κ1) is 11.1. The number of rotatable bonds is 3. The molecule has 5 heteroatoms. The zero-order valence-electron chi connectivity index (χ0n) is 7.64. The van der Waals surface area contributed by atoms with Gasteiger partial charge in [-0.05, 0) is 25.1 Å². The fourth-order valence-corrected chi connectivity index (χ4v) is 2.48. The van der Waals surface area contributed by atoms with Crippen molar-refractivity contribution in [3.05, 3.63) is 30.1 Å². The highest BCUT2D eigenvalue weighted by molar-refractivity contribution is 7.91. The Bertz CT molecular complexity index is 412. The molecule has 0 saturated carbocycles. The van der Waals surface area contributed by atoms with E-state index in [2.05, 4.69) is 0 Å². The van der Waals surface area contributed by atoms with Gasteiger partial charge in [-0.3, -0.25) is 0 Å². The molecule has 1 aromatic rings. The van der Waals surface area contributed by atoms with E-state index in [1.807, 2.05) is 0 Å². The van der Waals surface area contributed by atoms with Crippen molar-refractivity contribution in [2.45, 2.75) is 17.9 Å². The molecule has 0 heterocycles. The third kappa shape index (κ3) is 2.78. The van der Waals surface area contributed by atoms with E-state index in [-0.39, 0.29) is 4.90 Å². The molecule has 14 heavy (non-hydrogen) atoms. The fourth-order valence-electron chi connectivity index (χ4n) is 1.07. The lowest BCUT2D eigenvalue weighted by Crippen LogP contribution is -2.17. The van der Waals surface area contributed by atoms with Crippen LogP contribution in [0.15, 0.2) is 29.2 Å². The van der Waals surface area contributed by atoms with Gasteiger partial charge in [0.05, 0.1) is 16.8 Å². The van der Waals surface area contributed by atoms with Crippen molar-refractivity contribution in [2.24, 2.45) is 0 Å². The number of hydrogen-bond donors (Lipinski definition) is 1. The Morgan fingerprint density at radius 3 is 2.64 bits per heavy atom.